The van der Waals surface area contributed by atoms with Crippen molar-refractivity contribution in [3.8, 4) is 0 Å². The van der Waals surface area contributed by atoms with Gasteiger partial charge in [0.15, 0.2) is 0 Å². The number of halogens is 1. The van der Waals surface area contributed by atoms with Crippen LogP contribution in [0.15, 0.2) is 9.66 Å². The molecule has 0 atom stereocenters. The topological polar surface area (TPSA) is 0 Å². The minimum Gasteiger partial charge on any atom is -0.0747 e. The van der Waals surface area contributed by atoms with Gasteiger partial charge in [-0.05, 0) is 58.3 Å². The van der Waals surface area contributed by atoms with E-state index in [1.165, 1.54) is 51.4 Å². The fraction of sp³-hybridized carbons (Fsp3) is 0.818. The molecule has 1 spiro atoms. The largest absolute Gasteiger partial charge is 0.0747 e. The molecule has 0 aliphatic heterocycles. The molecule has 68 valence electrons. The van der Waals surface area contributed by atoms with Crippen LogP contribution in [-0.2, 0) is 0 Å². The number of allylic oxidation sites excluding steroid dienone is 2. The van der Waals surface area contributed by atoms with Gasteiger partial charge in [0.05, 0.1) is 0 Å². The first-order valence-corrected chi connectivity index (χ1v) is 6.28. The van der Waals surface area contributed by atoms with Crippen molar-refractivity contribution in [1.82, 2.24) is 0 Å². The molecule has 0 aromatic carbocycles. The Morgan fingerprint density at radius 3 is 2.33 bits per heavy atom. The van der Waals surface area contributed by atoms with E-state index in [0.29, 0.717) is 5.41 Å². The van der Waals surface area contributed by atoms with E-state index in [-0.39, 0.29) is 0 Å². The van der Waals surface area contributed by atoms with E-state index in [2.05, 4.69) is 28.7 Å². The zero-order valence-corrected chi connectivity index (χ0v) is 9.77. The van der Waals surface area contributed by atoms with Crippen molar-refractivity contribution in [3.05, 3.63) is 9.66 Å². The highest BCUT2D eigenvalue weighted by Gasteiger charge is 2.35. The zero-order valence-electron chi connectivity index (χ0n) is 7.61. The first kappa shape index (κ1) is 9.04. The fourth-order valence-corrected chi connectivity index (χ4v) is 3.84. The summed E-state index contributed by atoms with van der Waals surface area (Å²) in [4.78, 5) is 0. The lowest BCUT2D eigenvalue weighted by Gasteiger charge is -2.39. The molecule has 0 amide bonds. The highest BCUT2D eigenvalue weighted by molar-refractivity contribution is 14.1. The minimum atomic E-state index is 0.664. The summed E-state index contributed by atoms with van der Waals surface area (Å²) in [5, 5.41) is 0. The van der Waals surface area contributed by atoms with Crippen molar-refractivity contribution in [2.24, 2.45) is 5.41 Å². The summed E-state index contributed by atoms with van der Waals surface area (Å²) in [5.41, 5.74) is 0.664. The molecular formula is C11H17I. The molecule has 12 heavy (non-hydrogen) atoms. The summed E-state index contributed by atoms with van der Waals surface area (Å²) < 4.78 is 1.69. The van der Waals surface area contributed by atoms with Gasteiger partial charge in [0, 0.05) is 5.41 Å². The molecule has 1 heteroatoms. The minimum absolute atomic E-state index is 0.664. The Hall–Kier alpha value is 0.470. The highest BCUT2D eigenvalue weighted by atomic mass is 127. The number of hydrogen-bond acceptors (Lipinski definition) is 0. The van der Waals surface area contributed by atoms with Gasteiger partial charge in [0.2, 0.25) is 0 Å². The van der Waals surface area contributed by atoms with E-state index in [0.717, 1.165) is 0 Å². The Kier molecular flexibility index (Phi) is 2.78. The number of hydrogen-bond donors (Lipinski definition) is 0. The second kappa shape index (κ2) is 3.69. The predicted octanol–water partition coefficient (Wildman–Crippen LogP) is 4.44. The Bertz CT molecular complexity index is 187. The summed E-state index contributed by atoms with van der Waals surface area (Å²) in [7, 11) is 0. The Balaban J connectivity index is 2.16. The number of rotatable bonds is 0. The van der Waals surface area contributed by atoms with Crippen LogP contribution in [0.1, 0.15) is 51.4 Å². The van der Waals surface area contributed by atoms with Crippen LogP contribution >= 0.6 is 22.6 Å². The molecule has 2 aliphatic carbocycles. The lowest BCUT2D eigenvalue weighted by Crippen LogP contribution is -2.26. The maximum absolute atomic E-state index is 2.59. The maximum Gasteiger partial charge on any atom is 0.000789 e. The molecule has 0 aromatic rings. The van der Waals surface area contributed by atoms with Crippen molar-refractivity contribution in [2.45, 2.75) is 51.4 Å². The second-order valence-electron chi connectivity index (χ2n) is 4.29. The average molecular weight is 276 g/mol. The van der Waals surface area contributed by atoms with Gasteiger partial charge >= 0.3 is 0 Å². The van der Waals surface area contributed by atoms with E-state index in [1.807, 2.05) is 0 Å². The van der Waals surface area contributed by atoms with Crippen LogP contribution in [0, 0.1) is 5.41 Å². The molecule has 0 bridgehead atoms. The quantitative estimate of drug-likeness (QED) is 0.574. The third-order valence-corrected chi connectivity index (χ3v) is 5.08. The van der Waals surface area contributed by atoms with Crippen LogP contribution < -0.4 is 0 Å². The lowest BCUT2D eigenvalue weighted by atomic mass is 9.69. The average Bonchev–Trinajstić information content (AvgIpc) is 2.12. The highest BCUT2D eigenvalue weighted by Crippen LogP contribution is 2.50. The third-order valence-electron chi connectivity index (χ3n) is 3.50. The van der Waals surface area contributed by atoms with Crippen LogP contribution in [0.5, 0.6) is 0 Å². The Morgan fingerprint density at radius 2 is 1.67 bits per heavy atom. The van der Waals surface area contributed by atoms with Gasteiger partial charge in [0.25, 0.3) is 0 Å². The summed E-state index contributed by atoms with van der Waals surface area (Å²) in [5.74, 6) is 0. The molecule has 2 rings (SSSR count). The maximum atomic E-state index is 2.59. The van der Waals surface area contributed by atoms with Gasteiger partial charge < -0.3 is 0 Å². The lowest BCUT2D eigenvalue weighted by molar-refractivity contribution is 0.224. The van der Waals surface area contributed by atoms with Gasteiger partial charge in [0.1, 0.15) is 0 Å². The van der Waals surface area contributed by atoms with Crippen molar-refractivity contribution in [3.63, 3.8) is 0 Å². The third kappa shape index (κ3) is 1.57. The molecule has 1 fully saturated rings. The van der Waals surface area contributed by atoms with Crippen molar-refractivity contribution in [2.75, 3.05) is 0 Å². The molecule has 0 unspecified atom stereocenters. The van der Waals surface area contributed by atoms with Crippen molar-refractivity contribution >= 4 is 22.6 Å². The van der Waals surface area contributed by atoms with Crippen molar-refractivity contribution < 1.29 is 0 Å². The molecule has 0 heterocycles. The van der Waals surface area contributed by atoms with E-state index >= 15 is 0 Å². The van der Waals surface area contributed by atoms with Crippen LogP contribution in [0.25, 0.3) is 0 Å². The van der Waals surface area contributed by atoms with E-state index in [1.54, 1.807) is 3.58 Å². The molecule has 0 N–H and O–H groups in total. The molecule has 1 saturated carbocycles. The summed E-state index contributed by atoms with van der Waals surface area (Å²) >= 11 is 2.59. The SMILES string of the molecule is IC1=CCCCC12CCCCC2. The van der Waals surface area contributed by atoms with Gasteiger partial charge in [-0.15, -0.1) is 0 Å². The smallest absolute Gasteiger partial charge is 0.000789 e. The monoisotopic (exact) mass is 276 g/mol. The standard InChI is InChI=1S/C11H17I/c12-10-6-2-5-9-11(10)7-3-1-4-8-11/h6H,1-5,7-9H2. The van der Waals surface area contributed by atoms with Crippen LogP contribution in [0.3, 0.4) is 0 Å². The Morgan fingerprint density at radius 1 is 1.00 bits per heavy atom. The molecule has 0 saturated heterocycles. The Labute approximate surface area is 88.9 Å². The summed E-state index contributed by atoms with van der Waals surface area (Å²) in [6, 6.07) is 0. The zero-order chi connectivity index (χ0) is 8.44. The van der Waals surface area contributed by atoms with Crippen molar-refractivity contribution in [1.29, 1.82) is 0 Å². The molecule has 0 radical (unpaired) electrons. The second-order valence-corrected chi connectivity index (χ2v) is 5.45. The van der Waals surface area contributed by atoms with E-state index in [9.17, 15) is 0 Å². The summed E-state index contributed by atoms with van der Waals surface area (Å²) in [6.07, 6.45) is 14.1. The van der Waals surface area contributed by atoms with Gasteiger partial charge in [-0.3, -0.25) is 0 Å². The predicted molar refractivity (Wildman–Crippen MR) is 61.5 cm³/mol. The van der Waals surface area contributed by atoms with Crippen LogP contribution in [-0.4, -0.2) is 0 Å². The molecular weight excluding hydrogens is 259 g/mol. The van der Waals surface area contributed by atoms with Gasteiger partial charge in [-0.25, -0.2) is 0 Å². The first-order valence-electron chi connectivity index (χ1n) is 5.20. The normalized spacial score (nSPS) is 28.6. The fourth-order valence-electron chi connectivity index (χ4n) is 2.72. The summed E-state index contributed by atoms with van der Waals surface area (Å²) in [6.45, 7) is 0. The molecule has 2 aliphatic rings. The molecule has 0 aromatic heterocycles. The van der Waals surface area contributed by atoms with Gasteiger partial charge in [-0.2, -0.15) is 0 Å². The molecule has 0 nitrogen and oxygen atoms in total. The van der Waals surface area contributed by atoms with Crippen LogP contribution in [0.2, 0.25) is 0 Å². The van der Waals surface area contributed by atoms with Gasteiger partial charge in [-0.1, -0.05) is 25.3 Å². The van der Waals surface area contributed by atoms with E-state index < -0.39 is 0 Å². The van der Waals surface area contributed by atoms with E-state index in [4.69, 9.17) is 0 Å². The van der Waals surface area contributed by atoms with Crippen LogP contribution in [0.4, 0.5) is 0 Å². The first-order chi connectivity index (χ1) is 5.83.